The molecule has 0 saturated carbocycles. The lowest BCUT2D eigenvalue weighted by Crippen LogP contribution is -2.19. The molecule has 20 heavy (non-hydrogen) atoms. The molecule has 1 aromatic heterocycles. The minimum absolute atomic E-state index is 0.341. The SMILES string of the molecule is CC1CCC(CNc2ccc(Sc3ncn[nH]3)cc2)O1. The molecular formula is C14H18N4OS. The summed E-state index contributed by atoms with van der Waals surface area (Å²) in [6.45, 7) is 3.01. The summed E-state index contributed by atoms with van der Waals surface area (Å²) in [4.78, 5) is 5.23. The summed E-state index contributed by atoms with van der Waals surface area (Å²) >= 11 is 1.57. The second-order valence-corrected chi connectivity index (χ2v) is 6.01. The predicted molar refractivity (Wildman–Crippen MR) is 79.0 cm³/mol. The lowest BCUT2D eigenvalue weighted by Gasteiger charge is -2.13. The number of ether oxygens (including phenoxy) is 1. The average molecular weight is 290 g/mol. The zero-order chi connectivity index (χ0) is 13.8. The summed E-state index contributed by atoms with van der Waals surface area (Å²) in [5.74, 6) is 0. The van der Waals surface area contributed by atoms with Crippen LogP contribution in [0.25, 0.3) is 0 Å². The molecule has 2 N–H and O–H groups in total. The lowest BCUT2D eigenvalue weighted by molar-refractivity contribution is 0.0637. The molecule has 2 atom stereocenters. The van der Waals surface area contributed by atoms with E-state index in [9.17, 15) is 0 Å². The van der Waals surface area contributed by atoms with Gasteiger partial charge in [-0.25, -0.2) is 4.98 Å². The van der Waals surface area contributed by atoms with Crippen molar-refractivity contribution in [2.75, 3.05) is 11.9 Å². The van der Waals surface area contributed by atoms with Crippen LogP contribution in [0, 0.1) is 0 Å². The largest absolute Gasteiger partial charge is 0.382 e. The summed E-state index contributed by atoms with van der Waals surface area (Å²) in [7, 11) is 0. The number of rotatable bonds is 5. The molecule has 106 valence electrons. The van der Waals surface area contributed by atoms with E-state index in [0.29, 0.717) is 12.2 Å². The van der Waals surface area contributed by atoms with Crippen molar-refractivity contribution in [3.8, 4) is 0 Å². The molecule has 1 aliphatic rings. The Morgan fingerprint density at radius 2 is 2.20 bits per heavy atom. The van der Waals surface area contributed by atoms with Gasteiger partial charge in [-0.15, -0.1) is 0 Å². The monoisotopic (exact) mass is 290 g/mol. The van der Waals surface area contributed by atoms with Crippen LogP contribution < -0.4 is 5.32 Å². The summed E-state index contributed by atoms with van der Waals surface area (Å²) in [6.07, 6.45) is 4.57. The molecule has 1 fully saturated rings. The second kappa shape index (κ2) is 6.28. The molecule has 0 spiro atoms. The number of hydrogen-bond donors (Lipinski definition) is 2. The van der Waals surface area contributed by atoms with Gasteiger partial charge in [-0.2, -0.15) is 5.10 Å². The zero-order valence-electron chi connectivity index (χ0n) is 11.4. The third-order valence-electron chi connectivity index (χ3n) is 3.32. The number of H-pyrrole nitrogens is 1. The lowest BCUT2D eigenvalue weighted by atomic mass is 10.2. The number of benzene rings is 1. The van der Waals surface area contributed by atoms with Gasteiger partial charge < -0.3 is 10.1 Å². The topological polar surface area (TPSA) is 62.8 Å². The van der Waals surface area contributed by atoms with Crippen LogP contribution in [0.1, 0.15) is 19.8 Å². The van der Waals surface area contributed by atoms with Crippen molar-refractivity contribution in [1.82, 2.24) is 15.2 Å². The smallest absolute Gasteiger partial charge is 0.188 e. The van der Waals surface area contributed by atoms with Crippen LogP contribution in [-0.4, -0.2) is 33.9 Å². The molecule has 1 aliphatic heterocycles. The fourth-order valence-corrected chi connectivity index (χ4v) is 2.96. The zero-order valence-corrected chi connectivity index (χ0v) is 12.2. The van der Waals surface area contributed by atoms with Crippen molar-refractivity contribution >= 4 is 17.4 Å². The van der Waals surface area contributed by atoms with Crippen molar-refractivity contribution in [1.29, 1.82) is 0 Å². The Morgan fingerprint density at radius 1 is 1.35 bits per heavy atom. The van der Waals surface area contributed by atoms with Gasteiger partial charge in [-0.3, -0.25) is 5.10 Å². The molecule has 3 rings (SSSR count). The minimum Gasteiger partial charge on any atom is -0.382 e. The van der Waals surface area contributed by atoms with Crippen molar-refractivity contribution in [2.24, 2.45) is 0 Å². The van der Waals surface area contributed by atoms with Gasteiger partial charge in [0.1, 0.15) is 6.33 Å². The number of nitrogens with zero attached hydrogens (tertiary/aromatic N) is 2. The molecule has 0 bridgehead atoms. The van der Waals surface area contributed by atoms with Crippen LogP contribution in [0.15, 0.2) is 40.6 Å². The summed E-state index contributed by atoms with van der Waals surface area (Å²) in [5.41, 5.74) is 1.12. The van der Waals surface area contributed by atoms with Crippen LogP contribution >= 0.6 is 11.8 Å². The molecular weight excluding hydrogens is 272 g/mol. The first kappa shape index (κ1) is 13.5. The van der Waals surface area contributed by atoms with E-state index in [2.05, 4.69) is 51.7 Å². The Hall–Kier alpha value is -1.53. The van der Waals surface area contributed by atoms with Crippen molar-refractivity contribution in [3.05, 3.63) is 30.6 Å². The van der Waals surface area contributed by atoms with E-state index in [1.165, 1.54) is 12.7 Å². The molecule has 0 radical (unpaired) electrons. The molecule has 5 nitrogen and oxygen atoms in total. The van der Waals surface area contributed by atoms with Crippen molar-refractivity contribution < 1.29 is 4.74 Å². The highest BCUT2D eigenvalue weighted by Crippen LogP contribution is 2.25. The van der Waals surface area contributed by atoms with E-state index in [1.54, 1.807) is 11.8 Å². The maximum atomic E-state index is 5.79. The Morgan fingerprint density at radius 3 is 2.85 bits per heavy atom. The second-order valence-electron chi connectivity index (χ2n) is 4.94. The van der Waals surface area contributed by atoms with Crippen molar-refractivity contribution in [2.45, 2.75) is 42.0 Å². The van der Waals surface area contributed by atoms with Gasteiger partial charge >= 0.3 is 0 Å². The Labute approximate surface area is 122 Å². The minimum atomic E-state index is 0.341. The number of aromatic amines is 1. The predicted octanol–water partition coefficient (Wildman–Crippen LogP) is 2.94. The van der Waals surface area contributed by atoms with E-state index in [-0.39, 0.29) is 0 Å². The van der Waals surface area contributed by atoms with Crippen LogP contribution in [0.3, 0.4) is 0 Å². The number of anilines is 1. The number of hydrogen-bond acceptors (Lipinski definition) is 5. The fourth-order valence-electron chi connectivity index (χ4n) is 2.26. The average Bonchev–Trinajstić information content (AvgIpc) is 3.10. The highest BCUT2D eigenvalue weighted by Gasteiger charge is 2.21. The van der Waals surface area contributed by atoms with Gasteiger partial charge in [-0.05, 0) is 44.0 Å². The maximum absolute atomic E-state index is 5.79. The standard InChI is InChI=1S/C14H18N4OS/c1-10-2-5-12(19-10)8-15-11-3-6-13(7-4-11)20-14-16-9-17-18-14/h3-4,6-7,9-10,12,15H,2,5,8H2,1H3,(H,16,17,18). The van der Waals surface area contributed by atoms with Crippen molar-refractivity contribution in [3.63, 3.8) is 0 Å². The Kier molecular flexibility index (Phi) is 4.22. The van der Waals surface area contributed by atoms with E-state index >= 15 is 0 Å². The maximum Gasteiger partial charge on any atom is 0.188 e. The quantitative estimate of drug-likeness (QED) is 0.886. The highest BCUT2D eigenvalue weighted by atomic mass is 32.2. The molecule has 1 aromatic carbocycles. The summed E-state index contributed by atoms with van der Waals surface area (Å²) in [5, 5.41) is 10.9. The Balaban J connectivity index is 1.51. The van der Waals surface area contributed by atoms with Gasteiger partial charge in [0.05, 0.1) is 12.2 Å². The fraction of sp³-hybridized carbons (Fsp3) is 0.429. The normalized spacial score (nSPS) is 22.1. The Bertz CT molecular complexity index is 529. The third kappa shape index (κ3) is 3.52. The van der Waals surface area contributed by atoms with Gasteiger partial charge in [-0.1, -0.05) is 11.8 Å². The summed E-state index contributed by atoms with van der Waals surface area (Å²) < 4.78 is 5.79. The molecule has 6 heteroatoms. The molecule has 2 heterocycles. The first-order valence-corrected chi connectivity index (χ1v) is 7.64. The van der Waals surface area contributed by atoms with E-state index in [4.69, 9.17) is 4.74 Å². The van der Waals surface area contributed by atoms with Gasteiger partial charge in [0.2, 0.25) is 0 Å². The third-order valence-corrected chi connectivity index (χ3v) is 4.21. The molecule has 0 amide bonds. The highest BCUT2D eigenvalue weighted by molar-refractivity contribution is 7.99. The molecule has 0 aliphatic carbocycles. The van der Waals surface area contributed by atoms with Gasteiger partial charge in [0.15, 0.2) is 5.16 Å². The van der Waals surface area contributed by atoms with E-state index in [0.717, 1.165) is 28.7 Å². The van der Waals surface area contributed by atoms with Gasteiger partial charge in [0.25, 0.3) is 0 Å². The molecule has 1 saturated heterocycles. The van der Waals surface area contributed by atoms with E-state index < -0.39 is 0 Å². The van der Waals surface area contributed by atoms with Crippen LogP contribution in [0.2, 0.25) is 0 Å². The number of nitrogens with one attached hydrogen (secondary N) is 2. The van der Waals surface area contributed by atoms with Crippen LogP contribution in [0.4, 0.5) is 5.69 Å². The summed E-state index contributed by atoms with van der Waals surface area (Å²) in [6, 6.07) is 8.31. The van der Waals surface area contributed by atoms with Crippen LogP contribution in [0.5, 0.6) is 0 Å². The first-order chi connectivity index (χ1) is 9.79. The number of aromatic nitrogens is 3. The molecule has 2 unspecified atom stereocenters. The first-order valence-electron chi connectivity index (χ1n) is 6.82. The van der Waals surface area contributed by atoms with Crippen LogP contribution in [-0.2, 0) is 4.74 Å². The molecule has 2 aromatic rings. The van der Waals surface area contributed by atoms with E-state index in [1.807, 2.05) is 0 Å². The van der Waals surface area contributed by atoms with Gasteiger partial charge in [0, 0.05) is 17.1 Å².